The van der Waals surface area contributed by atoms with Gasteiger partial charge in [-0.3, -0.25) is 9.56 Å². The highest BCUT2D eigenvalue weighted by Gasteiger charge is 2.06. The Morgan fingerprint density at radius 3 is 2.70 bits per heavy atom. The Kier molecular flexibility index (Phi) is 7.79. The van der Waals surface area contributed by atoms with Gasteiger partial charge in [-0.15, -0.1) is 0 Å². The van der Waals surface area contributed by atoms with E-state index in [1.54, 1.807) is 26.7 Å². The topological polar surface area (TPSA) is 85.6 Å². The van der Waals surface area contributed by atoms with E-state index in [4.69, 9.17) is 9.47 Å². The average Bonchev–Trinajstić information content (AvgIpc) is 3.30. The van der Waals surface area contributed by atoms with Gasteiger partial charge in [-0.25, -0.2) is 9.97 Å². The Bertz CT molecular complexity index is 939. The van der Waals surface area contributed by atoms with Crippen molar-refractivity contribution < 1.29 is 9.47 Å². The Balaban J connectivity index is 1.54. The molecule has 30 heavy (non-hydrogen) atoms. The maximum absolute atomic E-state index is 5.86. The Hall–Kier alpha value is -3.39. The predicted octanol–water partition coefficient (Wildman–Crippen LogP) is 2.47. The lowest BCUT2D eigenvalue weighted by molar-refractivity contribution is 0.145. The molecule has 158 valence electrons. The first-order valence-electron chi connectivity index (χ1n) is 9.78. The van der Waals surface area contributed by atoms with Crippen LogP contribution in [0.5, 0.6) is 5.75 Å². The molecule has 0 unspecified atom stereocenters. The standard InChI is InChI=1S/C22H28N6O2/c1-17-4-6-19(20(12-17)30-11-10-29-3)15-27-22(23-2)26-14-18-5-7-21(25-13-18)28-9-8-24-16-28/h4-9,12-13,16H,10-11,14-15H2,1-3H3,(H2,23,26,27). The summed E-state index contributed by atoms with van der Waals surface area (Å²) in [7, 11) is 3.42. The number of rotatable bonds is 9. The maximum Gasteiger partial charge on any atom is 0.191 e. The number of methoxy groups -OCH3 is 1. The van der Waals surface area contributed by atoms with Crippen LogP contribution in [0.25, 0.3) is 5.82 Å². The van der Waals surface area contributed by atoms with Crippen LogP contribution in [-0.4, -0.2) is 47.9 Å². The molecule has 0 saturated heterocycles. The Morgan fingerprint density at radius 2 is 2.00 bits per heavy atom. The first-order valence-corrected chi connectivity index (χ1v) is 9.78. The number of ether oxygens (including phenoxy) is 2. The summed E-state index contributed by atoms with van der Waals surface area (Å²) in [5.41, 5.74) is 3.27. The fourth-order valence-corrected chi connectivity index (χ4v) is 2.83. The molecule has 0 spiro atoms. The first-order chi connectivity index (χ1) is 14.7. The van der Waals surface area contributed by atoms with E-state index in [0.29, 0.717) is 32.3 Å². The Morgan fingerprint density at radius 1 is 1.13 bits per heavy atom. The third-order valence-electron chi connectivity index (χ3n) is 4.48. The van der Waals surface area contributed by atoms with Gasteiger partial charge in [0.05, 0.1) is 6.61 Å². The molecule has 8 heteroatoms. The van der Waals surface area contributed by atoms with Crippen LogP contribution < -0.4 is 15.4 Å². The van der Waals surface area contributed by atoms with Gasteiger partial charge in [0.2, 0.25) is 0 Å². The van der Waals surface area contributed by atoms with E-state index in [9.17, 15) is 0 Å². The fourth-order valence-electron chi connectivity index (χ4n) is 2.83. The molecule has 0 bridgehead atoms. The van der Waals surface area contributed by atoms with Gasteiger partial charge in [-0.2, -0.15) is 0 Å². The number of aromatic nitrogens is 3. The van der Waals surface area contributed by atoms with Crippen LogP contribution in [0.3, 0.4) is 0 Å². The lowest BCUT2D eigenvalue weighted by atomic mass is 10.1. The molecule has 0 saturated carbocycles. The van der Waals surface area contributed by atoms with E-state index < -0.39 is 0 Å². The predicted molar refractivity (Wildman–Crippen MR) is 117 cm³/mol. The number of hydrogen-bond acceptors (Lipinski definition) is 5. The molecule has 2 N–H and O–H groups in total. The van der Waals surface area contributed by atoms with Crippen LogP contribution in [0.4, 0.5) is 0 Å². The summed E-state index contributed by atoms with van der Waals surface area (Å²) in [4.78, 5) is 12.8. The zero-order valence-electron chi connectivity index (χ0n) is 17.6. The van der Waals surface area contributed by atoms with Crippen molar-refractivity contribution >= 4 is 5.96 Å². The molecule has 0 fully saturated rings. The minimum Gasteiger partial charge on any atom is -0.491 e. The molecule has 0 atom stereocenters. The van der Waals surface area contributed by atoms with E-state index in [2.05, 4.69) is 37.7 Å². The highest BCUT2D eigenvalue weighted by Crippen LogP contribution is 2.20. The van der Waals surface area contributed by atoms with Gasteiger partial charge in [0, 0.05) is 51.4 Å². The number of hydrogen-bond donors (Lipinski definition) is 2. The van der Waals surface area contributed by atoms with E-state index in [1.165, 1.54) is 0 Å². The van der Waals surface area contributed by atoms with E-state index in [0.717, 1.165) is 28.3 Å². The molecular formula is C22H28N6O2. The summed E-state index contributed by atoms with van der Waals surface area (Å²) in [5.74, 6) is 2.39. The zero-order chi connectivity index (χ0) is 21.2. The summed E-state index contributed by atoms with van der Waals surface area (Å²) in [6.45, 7) is 4.33. The number of guanidine groups is 1. The van der Waals surface area contributed by atoms with Crippen molar-refractivity contribution in [2.75, 3.05) is 27.4 Å². The van der Waals surface area contributed by atoms with Crippen LogP contribution >= 0.6 is 0 Å². The summed E-state index contributed by atoms with van der Waals surface area (Å²) in [5, 5.41) is 6.65. The normalized spacial score (nSPS) is 11.4. The van der Waals surface area contributed by atoms with Crippen molar-refractivity contribution in [2.24, 2.45) is 4.99 Å². The van der Waals surface area contributed by atoms with Crippen molar-refractivity contribution in [1.82, 2.24) is 25.2 Å². The summed E-state index contributed by atoms with van der Waals surface area (Å²) in [6.07, 6.45) is 7.17. The maximum atomic E-state index is 5.86. The van der Waals surface area contributed by atoms with E-state index >= 15 is 0 Å². The third kappa shape index (κ3) is 6.05. The van der Waals surface area contributed by atoms with Gasteiger partial charge >= 0.3 is 0 Å². The molecule has 0 aliphatic carbocycles. The zero-order valence-corrected chi connectivity index (χ0v) is 17.6. The van der Waals surface area contributed by atoms with E-state index in [1.807, 2.05) is 42.1 Å². The van der Waals surface area contributed by atoms with Crippen LogP contribution in [-0.2, 0) is 17.8 Å². The number of imidazole rings is 1. The number of nitrogens with zero attached hydrogens (tertiary/aromatic N) is 4. The van der Waals surface area contributed by atoms with Gasteiger partial charge in [-0.05, 0) is 30.2 Å². The molecule has 0 aliphatic heterocycles. The highest BCUT2D eigenvalue weighted by atomic mass is 16.5. The lowest BCUT2D eigenvalue weighted by Gasteiger charge is -2.15. The molecule has 2 heterocycles. The summed E-state index contributed by atoms with van der Waals surface area (Å²) < 4.78 is 12.8. The molecule has 3 aromatic rings. The number of aryl methyl sites for hydroxylation is 1. The van der Waals surface area contributed by atoms with E-state index in [-0.39, 0.29) is 0 Å². The van der Waals surface area contributed by atoms with Gasteiger partial charge in [0.25, 0.3) is 0 Å². The van der Waals surface area contributed by atoms with Crippen molar-refractivity contribution in [3.05, 3.63) is 71.9 Å². The first kappa shape index (κ1) is 21.3. The SMILES string of the molecule is CN=C(NCc1ccc(-n2ccnc2)nc1)NCc1ccc(C)cc1OCCOC. The molecular weight excluding hydrogens is 380 g/mol. The molecule has 2 aromatic heterocycles. The quantitative estimate of drug-likeness (QED) is 0.321. The lowest BCUT2D eigenvalue weighted by Crippen LogP contribution is -2.36. The van der Waals surface area contributed by atoms with Crippen LogP contribution in [0.1, 0.15) is 16.7 Å². The molecule has 0 radical (unpaired) electrons. The molecule has 1 aromatic carbocycles. The molecule has 3 rings (SSSR count). The van der Waals surface area contributed by atoms with Crippen LogP contribution in [0.2, 0.25) is 0 Å². The van der Waals surface area contributed by atoms with Crippen molar-refractivity contribution in [1.29, 1.82) is 0 Å². The molecule has 8 nitrogen and oxygen atoms in total. The second-order valence-electron chi connectivity index (χ2n) is 6.73. The third-order valence-corrected chi connectivity index (χ3v) is 4.48. The Labute approximate surface area is 177 Å². The second kappa shape index (κ2) is 11.0. The van der Waals surface area contributed by atoms with Gasteiger partial charge in [0.1, 0.15) is 24.5 Å². The minimum absolute atomic E-state index is 0.516. The monoisotopic (exact) mass is 408 g/mol. The molecule has 0 amide bonds. The number of nitrogens with one attached hydrogen (secondary N) is 2. The summed E-state index contributed by atoms with van der Waals surface area (Å²) >= 11 is 0. The number of benzene rings is 1. The summed E-state index contributed by atoms with van der Waals surface area (Å²) in [6, 6.07) is 10.2. The van der Waals surface area contributed by atoms with Crippen molar-refractivity contribution in [2.45, 2.75) is 20.0 Å². The number of aliphatic imine (C=N–C) groups is 1. The average molecular weight is 409 g/mol. The molecule has 0 aliphatic rings. The second-order valence-corrected chi connectivity index (χ2v) is 6.73. The van der Waals surface area contributed by atoms with Crippen molar-refractivity contribution in [3.8, 4) is 11.6 Å². The smallest absolute Gasteiger partial charge is 0.191 e. The fraction of sp³-hybridized carbons (Fsp3) is 0.318. The number of pyridine rings is 1. The van der Waals surface area contributed by atoms with Gasteiger partial charge in [-0.1, -0.05) is 18.2 Å². The van der Waals surface area contributed by atoms with Gasteiger partial charge < -0.3 is 20.1 Å². The highest BCUT2D eigenvalue weighted by molar-refractivity contribution is 5.79. The largest absolute Gasteiger partial charge is 0.491 e. The van der Waals surface area contributed by atoms with Gasteiger partial charge in [0.15, 0.2) is 5.96 Å². The minimum atomic E-state index is 0.516. The van der Waals surface area contributed by atoms with Crippen LogP contribution in [0.15, 0.2) is 60.2 Å². The van der Waals surface area contributed by atoms with Crippen LogP contribution in [0, 0.1) is 6.92 Å². The van der Waals surface area contributed by atoms with Crippen molar-refractivity contribution in [3.63, 3.8) is 0 Å².